The molecule has 2 aromatic carbocycles. The molecule has 22 heavy (non-hydrogen) atoms. The summed E-state index contributed by atoms with van der Waals surface area (Å²) in [5, 5.41) is 3.35. The topological polar surface area (TPSA) is 34.0 Å². The van der Waals surface area contributed by atoms with Crippen molar-refractivity contribution in [2.24, 2.45) is 7.05 Å². The summed E-state index contributed by atoms with van der Waals surface area (Å²) in [4.78, 5) is 12.5. The number of nitrogens with zero attached hydrogens (tertiary/aromatic N) is 1. The third-order valence-corrected chi connectivity index (χ3v) is 3.90. The number of amides is 1. The van der Waals surface area contributed by atoms with E-state index in [-0.39, 0.29) is 11.7 Å². The molecule has 0 radical (unpaired) electrons. The summed E-state index contributed by atoms with van der Waals surface area (Å²) >= 11 is 0. The minimum Gasteiger partial charge on any atom is -0.340 e. The number of aryl methyl sites for hydroxylation is 3. The van der Waals surface area contributed by atoms with Crippen LogP contribution in [0.5, 0.6) is 0 Å². The molecule has 0 unspecified atom stereocenters. The first-order valence-electron chi connectivity index (χ1n) is 7.10. The summed E-state index contributed by atoms with van der Waals surface area (Å²) in [5.74, 6) is -0.566. The molecular formula is C18H17FN2O. The van der Waals surface area contributed by atoms with Crippen molar-refractivity contribution in [3.63, 3.8) is 0 Å². The largest absolute Gasteiger partial charge is 0.340 e. The first kappa shape index (κ1) is 14.3. The Labute approximate surface area is 128 Å². The van der Waals surface area contributed by atoms with Gasteiger partial charge in [0.05, 0.1) is 5.52 Å². The number of aromatic nitrogens is 1. The van der Waals surface area contributed by atoms with E-state index in [9.17, 15) is 9.18 Å². The molecule has 1 amide bonds. The van der Waals surface area contributed by atoms with E-state index in [1.54, 1.807) is 29.8 Å². The van der Waals surface area contributed by atoms with E-state index in [1.165, 1.54) is 6.07 Å². The summed E-state index contributed by atoms with van der Waals surface area (Å²) in [6, 6.07) is 12.3. The van der Waals surface area contributed by atoms with E-state index in [4.69, 9.17) is 0 Å². The number of fused-ring (bicyclic) bond motifs is 1. The summed E-state index contributed by atoms with van der Waals surface area (Å²) < 4.78 is 15.5. The van der Waals surface area contributed by atoms with Crippen LogP contribution in [-0.4, -0.2) is 10.5 Å². The maximum atomic E-state index is 13.8. The summed E-state index contributed by atoms with van der Waals surface area (Å²) in [7, 11) is 1.76. The minimum absolute atomic E-state index is 0.245. The number of anilines is 1. The molecule has 0 atom stereocenters. The van der Waals surface area contributed by atoms with Crippen molar-refractivity contribution >= 4 is 22.5 Å². The van der Waals surface area contributed by atoms with Crippen LogP contribution >= 0.6 is 0 Å². The predicted molar refractivity (Wildman–Crippen MR) is 86.7 cm³/mol. The summed E-state index contributed by atoms with van der Waals surface area (Å²) in [6.45, 7) is 3.95. The van der Waals surface area contributed by atoms with E-state index in [0.717, 1.165) is 16.8 Å². The van der Waals surface area contributed by atoms with Gasteiger partial charge in [-0.05, 0) is 43.7 Å². The van der Waals surface area contributed by atoms with Crippen molar-refractivity contribution in [3.05, 3.63) is 65.1 Å². The molecule has 4 heteroatoms. The number of nitrogens with one attached hydrogen (secondary N) is 1. The van der Waals surface area contributed by atoms with E-state index < -0.39 is 0 Å². The number of carbonyl (C=O) groups is 1. The summed E-state index contributed by atoms with van der Waals surface area (Å²) in [6.07, 6.45) is 0. The highest BCUT2D eigenvalue weighted by Crippen LogP contribution is 2.23. The van der Waals surface area contributed by atoms with E-state index in [2.05, 4.69) is 5.32 Å². The fourth-order valence-corrected chi connectivity index (χ4v) is 2.68. The van der Waals surface area contributed by atoms with Crippen LogP contribution in [0.3, 0.4) is 0 Å². The second-order valence-electron chi connectivity index (χ2n) is 5.53. The Hall–Kier alpha value is -2.62. The molecule has 0 bridgehead atoms. The minimum atomic E-state index is -0.321. The van der Waals surface area contributed by atoms with Crippen molar-refractivity contribution in [2.75, 3.05) is 5.32 Å². The van der Waals surface area contributed by atoms with Crippen LogP contribution in [0.15, 0.2) is 42.5 Å². The molecule has 0 saturated heterocycles. The lowest BCUT2D eigenvalue weighted by Gasteiger charge is -2.09. The number of carbonyl (C=O) groups excluding carboxylic acids is 1. The lowest BCUT2D eigenvalue weighted by atomic mass is 10.1. The van der Waals surface area contributed by atoms with Crippen LogP contribution in [0.1, 0.15) is 21.6 Å². The Morgan fingerprint density at radius 1 is 1.14 bits per heavy atom. The van der Waals surface area contributed by atoms with Crippen LogP contribution in [0.2, 0.25) is 0 Å². The number of benzene rings is 2. The Bertz CT molecular complexity index is 880. The Kier molecular flexibility index (Phi) is 3.45. The smallest absolute Gasteiger partial charge is 0.272 e. The van der Waals surface area contributed by atoms with Gasteiger partial charge in [-0.1, -0.05) is 23.8 Å². The van der Waals surface area contributed by atoms with Crippen molar-refractivity contribution in [2.45, 2.75) is 13.8 Å². The Morgan fingerprint density at radius 2 is 1.91 bits per heavy atom. The molecule has 0 aliphatic carbocycles. The Balaban J connectivity index is 1.99. The average molecular weight is 296 g/mol. The van der Waals surface area contributed by atoms with Gasteiger partial charge in [0.25, 0.3) is 5.91 Å². The van der Waals surface area contributed by atoms with Crippen molar-refractivity contribution < 1.29 is 9.18 Å². The van der Waals surface area contributed by atoms with Gasteiger partial charge in [-0.3, -0.25) is 4.79 Å². The van der Waals surface area contributed by atoms with E-state index >= 15 is 0 Å². The van der Waals surface area contributed by atoms with Crippen LogP contribution in [0.25, 0.3) is 10.9 Å². The molecule has 1 aromatic heterocycles. The van der Waals surface area contributed by atoms with Gasteiger partial charge in [0, 0.05) is 18.1 Å². The molecule has 1 heterocycles. The summed E-state index contributed by atoms with van der Waals surface area (Å²) in [5.41, 5.74) is 4.03. The number of halogens is 1. The van der Waals surface area contributed by atoms with Crippen LogP contribution in [0.4, 0.5) is 10.1 Å². The molecule has 0 aliphatic heterocycles. The molecule has 0 aliphatic rings. The van der Waals surface area contributed by atoms with Gasteiger partial charge in [0.2, 0.25) is 0 Å². The highest BCUT2D eigenvalue weighted by Gasteiger charge is 2.16. The van der Waals surface area contributed by atoms with E-state index in [0.29, 0.717) is 16.6 Å². The maximum absolute atomic E-state index is 13.8. The second kappa shape index (κ2) is 5.30. The lowest BCUT2D eigenvalue weighted by molar-refractivity contribution is 0.101. The van der Waals surface area contributed by atoms with Crippen LogP contribution in [-0.2, 0) is 7.05 Å². The van der Waals surface area contributed by atoms with Gasteiger partial charge >= 0.3 is 0 Å². The molecule has 3 rings (SSSR count). The second-order valence-corrected chi connectivity index (χ2v) is 5.53. The van der Waals surface area contributed by atoms with Crippen LogP contribution < -0.4 is 5.32 Å². The molecular weight excluding hydrogens is 279 g/mol. The van der Waals surface area contributed by atoms with Crippen molar-refractivity contribution in [1.29, 1.82) is 0 Å². The fraction of sp³-hybridized carbons (Fsp3) is 0.167. The molecule has 0 fully saturated rings. The highest BCUT2D eigenvalue weighted by atomic mass is 19.1. The maximum Gasteiger partial charge on any atom is 0.272 e. The lowest BCUT2D eigenvalue weighted by Crippen LogP contribution is -2.16. The normalized spacial score (nSPS) is 10.9. The fourth-order valence-electron chi connectivity index (χ4n) is 2.68. The average Bonchev–Trinajstić information content (AvgIpc) is 2.81. The monoisotopic (exact) mass is 296 g/mol. The standard InChI is InChI=1S/C18H17FN2O/c1-11-7-8-15(12(2)9-11)20-18(22)17-10-13-14(19)5-4-6-16(13)21(17)3/h4-10H,1-3H3,(H,20,22). The van der Waals surface area contributed by atoms with Gasteiger partial charge in [0.15, 0.2) is 0 Å². The third-order valence-electron chi connectivity index (χ3n) is 3.90. The van der Waals surface area contributed by atoms with Gasteiger partial charge in [-0.15, -0.1) is 0 Å². The van der Waals surface area contributed by atoms with Gasteiger partial charge in [0.1, 0.15) is 11.5 Å². The first-order valence-corrected chi connectivity index (χ1v) is 7.10. The zero-order valence-electron chi connectivity index (χ0n) is 12.8. The Morgan fingerprint density at radius 3 is 2.59 bits per heavy atom. The predicted octanol–water partition coefficient (Wildman–Crippen LogP) is 4.19. The molecule has 0 spiro atoms. The first-order chi connectivity index (χ1) is 10.5. The molecule has 112 valence electrons. The quantitative estimate of drug-likeness (QED) is 0.756. The highest BCUT2D eigenvalue weighted by molar-refractivity contribution is 6.06. The van der Waals surface area contributed by atoms with Gasteiger partial charge in [-0.2, -0.15) is 0 Å². The molecule has 0 saturated carbocycles. The SMILES string of the molecule is Cc1ccc(NC(=O)c2cc3c(F)cccc3n2C)c(C)c1. The molecule has 3 nitrogen and oxygen atoms in total. The number of hydrogen-bond donors (Lipinski definition) is 1. The number of rotatable bonds is 2. The van der Waals surface area contributed by atoms with Gasteiger partial charge in [-0.25, -0.2) is 4.39 Å². The molecule has 3 aromatic rings. The molecule has 1 N–H and O–H groups in total. The van der Waals surface area contributed by atoms with Crippen molar-refractivity contribution in [3.8, 4) is 0 Å². The van der Waals surface area contributed by atoms with Crippen LogP contribution in [0, 0.1) is 19.7 Å². The zero-order chi connectivity index (χ0) is 15.9. The van der Waals surface area contributed by atoms with Crippen molar-refractivity contribution in [1.82, 2.24) is 4.57 Å². The van der Waals surface area contributed by atoms with Gasteiger partial charge < -0.3 is 9.88 Å². The zero-order valence-corrected chi connectivity index (χ0v) is 12.8. The third kappa shape index (κ3) is 2.37. The van der Waals surface area contributed by atoms with E-state index in [1.807, 2.05) is 32.0 Å². The number of hydrogen-bond acceptors (Lipinski definition) is 1.